The SMILES string of the molecule is CN(C)S(=O)(=O)n1cccn1.CN(C)S(=O)(=O)n1nccc1Cl.Cc1cc(=O)[nH]c(=S)[nH]1.Cc1cc(=O)[nH]c(SCn2nccc2Cl)n1.Clc1ccn[nH]1.Clc1ccnn1CBr.OCn1nccc1Cl.c1cn[nH]c1. The molecule has 0 atom stereocenters. The van der Waals surface area contributed by atoms with Gasteiger partial charge in [0.1, 0.15) is 32.5 Å². The minimum atomic E-state index is -3.56. The first-order valence-corrected chi connectivity index (χ1v) is 27.5. The van der Waals surface area contributed by atoms with Gasteiger partial charge in [0.25, 0.3) is 11.1 Å². The fourth-order valence-corrected chi connectivity index (χ4v) is 8.33. The first kappa shape index (κ1) is 65.6. The summed E-state index contributed by atoms with van der Waals surface area (Å²) in [5.74, 6) is 0.512. The van der Waals surface area contributed by atoms with Crippen LogP contribution in [0.4, 0.5) is 0 Å². The summed E-state index contributed by atoms with van der Waals surface area (Å²) in [6.45, 7) is 3.40. The topological polar surface area (TPSA) is 336 Å². The minimum absolute atomic E-state index is 0.0729. The van der Waals surface area contributed by atoms with Gasteiger partial charge in [-0.2, -0.15) is 65.2 Å². The monoisotopic (exact) mass is 1280 g/mol. The van der Waals surface area contributed by atoms with Crippen LogP contribution in [-0.2, 0) is 38.5 Å². The van der Waals surface area contributed by atoms with Gasteiger partial charge >= 0.3 is 20.4 Å². The molecule has 0 saturated heterocycles. The number of aryl methyl sites for hydroxylation is 2. The second-order valence-electron chi connectivity index (χ2n) is 13.6. The van der Waals surface area contributed by atoms with Gasteiger partial charge in [-0.25, -0.2) is 19.0 Å². The van der Waals surface area contributed by atoms with Gasteiger partial charge in [-0.05, 0) is 68.5 Å². The van der Waals surface area contributed by atoms with E-state index in [1.165, 1.54) is 87.6 Å². The van der Waals surface area contributed by atoms with Crippen molar-refractivity contribution in [3.05, 3.63) is 173 Å². The number of hydrogen-bond donors (Lipinski definition) is 6. The van der Waals surface area contributed by atoms with Crippen LogP contribution in [0.2, 0.25) is 25.8 Å². The highest BCUT2D eigenvalue weighted by Crippen LogP contribution is 2.17. The molecule has 0 aliphatic rings. The molecule has 0 aliphatic heterocycles. The molecule has 0 unspecified atom stereocenters. The maximum absolute atomic E-state index is 11.4. The maximum atomic E-state index is 11.4. The van der Waals surface area contributed by atoms with E-state index in [-0.39, 0.29) is 23.0 Å². The van der Waals surface area contributed by atoms with Crippen molar-refractivity contribution in [3.8, 4) is 0 Å². The van der Waals surface area contributed by atoms with Crippen LogP contribution in [0.5, 0.6) is 0 Å². The predicted octanol–water partition coefficient (Wildman–Crippen LogP) is 6.00. The Morgan fingerprint density at radius 3 is 1.60 bits per heavy atom. The number of aromatic amines is 5. The third-order valence-corrected chi connectivity index (χ3v) is 13.9. The number of thioether (sulfide) groups is 1. The van der Waals surface area contributed by atoms with E-state index in [1.54, 1.807) is 84.5 Å². The molecule has 0 radical (unpaired) electrons. The Labute approximate surface area is 471 Å². The van der Waals surface area contributed by atoms with Crippen molar-refractivity contribution in [1.29, 1.82) is 0 Å². The third kappa shape index (κ3) is 24.8. The summed E-state index contributed by atoms with van der Waals surface area (Å²) in [6.07, 6.45) is 14.0. The maximum Gasteiger partial charge on any atom is 0.323 e. The Bertz CT molecular complexity index is 3300. The smallest absolute Gasteiger partial charge is 0.323 e. The van der Waals surface area contributed by atoms with E-state index < -0.39 is 20.4 Å². The summed E-state index contributed by atoms with van der Waals surface area (Å²) in [7, 11) is -1.22. The van der Waals surface area contributed by atoms with E-state index in [9.17, 15) is 26.4 Å². The van der Waals surface area contributed by atoms with Crippen molar-refractivity contribution < 1.29 is 21.9 Å². The Morgan fingerprint density at radius 2 is 1.25 bits per heavy atom. The van der Waals surface area contributed by atoms with Crippen LogP contribution in [0, 0.1) is 18.6 Å². The van der Waals surface area contributed by atoms with Crippen LogP contribution < -0.4 is 11.1 Å². The number of halogens is 6. The molecule has 0 saturated carbocycles. The van der Waals surface area contributed by atoms with Crippen molar-refractivity contribution in [2.75, 3.05) is 28.2 Å². The lowest BCUT2D eigenvalue weighted by molar-refractivity contribution is 0.195. The zero-order valence-electron chi connectivity index (χ0n) is 40.0. The standard InChI is InChI=1S/C9H9ClN4OS.C5H8ClN3O2S.C5H9N3O2S.C5H6N2OS.C4H4BrClN2.C4H5ClN2O.C3H3ClN2.C3H4N2/c1-6-4-8(15)13-9(12-6)16-5-14-7(10)2-3-11-14;1-8(2)12(10,11)9-5(6)3-4-7-9;1-7(2)11(9,10)8-5-3-4-6-8;1-3-2-4(8)7-5(9)6-3;5-3-8-4(6)1-2-7-8;5-4-1-2-6-7(4)3-8;4-3-1-2-5-6-3;1-2-4-5-3-1/h2-4H,5H2,1H3,(H,12,13,15);3-4H,1-2H3;3-5H,1-2H3;2H,1H3,(H2,6,7,8,9);1-2H,3H2;1-2,8H,3H2;1-2H,(H,5,6);1-3H,(H,4,5). The molecule has 408 valence electrons. The summed E-state index contributed by atoms with van der Waals surface area (Å²) < 4.78 is 53.9. The van der Waals surface area contributed by atoms with Gasteiger partial charge < -0.3 is 15.1 Å². The van der Waals surface area contributed by atoms with Gasteiger partial charge in [0.15, 0.2) is 9.93 Å². The molecule has 0 fully saturated rings. The first-order valence-electron chi connectivity index (χ1n) is 20.3. The fraction of sp³-hybridized carbons (Fsp3) is 0.237. The largest absolute Gasteiger partial charge is 0.374 e. The summed E-state index contributed by atoms with van der Waals surface area (Å²) in [5, 5.41) is 42.3. The highest BCUT2D eigenvalue weighted by atomic mass is 79.9. The molecule has 9 heterocycles. The first-order chi connectivity index (χ1) is 35.4. The Hall–Kier alpha value is -5.49. The van der Waals surface area contributed by atoms with Crippen molar-refractivity contribution in [3.63, 3.8) is 0 Å². The number of aliphatic hydroxyl groups excluding tert-OH is 1. The molecule has 37 heteroatoms. The Kier molecular flexibility index (Phi) is 29.9. The number of nitrogens with one attached hydrogen (secondary N) is 5. The van der Waals surface area contributed by atoms with Crippen molar-refractivity contribution in [1.82, 2.24) is 96.7 Å². The minimum Gasteiger partial charge on any atom is -0.374 e. The average molecular weight is 1280 g/mol. The highest BCUT2D eigenvalue weighted by Gasteiger charge is 2.19. The molecule has 0 spiro atoms. The number of rotatable bonds is 9. The van der Waals surface area contributed by atoms with Crippen LogP contribution in [-0.4, -0.2) is 147 Å². The molecule has 75 heavy (non-hydrogen) atoms. The van der Waals surface area contributed by atoms with E-state index in [1.807, 2.05) is 6.07 Å². The second-order valence-corrected chi connectivity index (χ2v) is 21.4. The van der Waals surface area contributed by atoms with Gasteiger partial charge in [0.05, 0.1) is 48.5 Å². The van der Waals surface area contributed by atoms with E-state index in [2.05, 4.69) is 94.0 Å². The van der Waals surface area contributed by atoms with Crippen LogP contribution >= 0.6 is 97.9 Å². The molecule has 9 aromatic heterocycles. The van der Waals surface area contributed by atoms with E-state index in [4.69, 9.17) is 63.1 Å². The molecule has 27 nitrogen and oxygen atoms in total. The summed E-state index contributed by atoms with van der Waals surface area (Å²) in [4.78, 5) is 33.8. The number of nitrogens with zero attached hydrogens (tertiary/aromatic N) is 15. The molecular weight excluding hydrogens is 1230 g/mol. The van der Waals surface area contributed by atoms with Crippen molar-refractivity contribution >= 4 is 118 Å². The van der Waals surface area contributed by atoms with Crippen molar-refractivity contribution in [2.45, 2.75) is 37.1 Å². The Balaban J connectivity index is 0.000000300. The van der Waals surface area contributed by atoms with Gasteiger partial charge in [0.2, 0.25) is 0 Å². The van der Waals surface area contributed by atoms with Crippen LogP contribution in [0.25, 0.3) is 0 Å². The molecule has 0 amide bonds. The molecule has 9 rings (SSSR count). The van der Waals surface area contributed by atoms with Gasteiger partial charge in [-0.3, -0.25) is 24.8 Å². The number of aliphatic hydroxyl groups is 1. The van der Waals surface area contributed by atoms with Gasteiger partial charge in [0, 0.05) is 70.3 Å². The van der Waals surface area contributed by atoms with E-state index in [0.29, 0.717) is 47.6 Å². The lowest BCUT2D eigenvalue weighted by Gasteiger charge is -2.10. The molecular formula is C38H48BrCl5N20O7S4. The number of hydrogen-bond acceptors (Lipinski definition) is 17. The number of aromatic nitrogens is 18. The van der Waals surface area contributed by atoms with E-state index in [0.717, 1.165) is 22.5 Å². The van der Waals surface area contributed by atoms with Crippen LogP contribution in [0.15, 0.2) is 125 Å². The lowest BCUT2D eigenvalue weighted by Crippen LogP contribution is -2.29. The highest BCUT2D eigenvalue weighted by molar-refractivity contribution is 9.08. The summed E-state index contributed by atoms with van der Waals surface area (Å²) in [5.41, 5.74) is 1.82. The van der Waals surface area contributed by atoms with Gasteiger partial charge in [-0.15, -0.1) is 4.09 Å². The van der Waals surface area contributed by atoms with E-state index >= 15 is 0 Å². The predicted molar refractivity (Wildman–Crippen MR) is 293 cm³/mol. The lowest BCUT2D eigenvalue weighted by atomic mass is 10.5. The molecule has 0 aromatic carbocycles. The average Bonchev–Trinajstić information content (AvgIpc) is 4.20. The normalized spacial score (nSPS) is 10.5. The molecule has 0 bridgehead atoms. The van der Waals surface area contributed by atoms with Crippen molar-refractivity contribution in [2.24, 2.45) is 0 Å². The fourth-order valence-electron chi connectivity index (χ4n) is 4.18. The van der Waals surface area contributed by atoms with Crippen LogP contribution in [0.3, 0.4) is 0 Å². The second kappa shape index (κ2) is 34.2. The third-order valence-electron chi connectivity index (χ3n) is 7.60. The number of H-pyrrole nitrogens is 5. The zero-order valence-corrected chi connectivity index (χ0v) is 48.7. The quantitative estimate of drug-likeness (QED) is 0.0418. The number of alkyl halides is 1. The Morgan fingerprint density at radius 1 is 0.680 bits per heavy atom. The molecule has 6 N–H and O–H groups in total. The summed E-state index contributed by atoms with van der Waals surface area (Å²) >= 11 is 37.1. The van der Waals surface area contributed by atoms with Crippen LogP contribution in [0.1, 0.15) is 11.4 Å². The molecule has 9 aromatic rings. The summed E-state index contributed by atoms with van der Waals surface area (Å²) in [6, 6.07) is 14.4. The zero-order chi connectivity index (χ0) is 56.1. The molecule has 0 aliphatic carbocycles. The van der Waals surface area contributed by atoms with Gasteiger partial charge in [-0.1, -0.05) is 85.7 Å².